The van der Waals surface area contributed by atoms with Crippen molar-refractivity contribution in [3.05, 3.63) is 34.6 Å². The highest BCUT2D eigenvalue weighted by Crippen LogP contribution is 2.40. The number of piperidine rings is 1. The van der Waals surface area contributed by atoms with Gasteiger partial charge in [-0.15, -0.1) is 0 Å². The van der Waals surface area contributed by atoms with Crippen LogP contribution in [0.5, 0.6) is 0 Å². The summed E-state index contributed by atoms with van der Waals surface area (Å²) < 4.78 is 17.3. The van der Waals surface area contributed by atoms with Crippen LogP contribution in [0, 0.1) is 25.2 Å². The third kappa shape index (κ3) is 3.34. The molecule has 2 aromatic heterocycles. The number of aromatic nitrogens is 3. The summed E-state index contributed by atoms with van der Waals surface area (Å²) in [5.74, 6) is 1.32. The molecule has 0 atom stereocenters. The molecule has 1 aromatic carbocycles. The second kappa shape index (κ2) is 7.59. The van der Waals surface area contributed by atoms with Gasteiger partial charge in [0.15, 0.2) is 11.6 Å². The monoisotopic (exact) mass is 419 g/mol. The zero-order chi connectivity index (χ0) is 21.6. The van der Waals surface area contributed by atoms with Gasteiger partial charge in [0.25, 0.3) is 5.89 Å². The van der Waals surface area contributed by atoms with E-state index in [2.05, 4.69) is 34.1 Å². The van der Waals surface area contributed by atoms with Crippen molar-refractivity contribution in [2.45, 2.75) is 45.8 Å². The van der Waals surface area contributed by atoms with Crippen LogP contribution in [0.3, 0.4) is 0 Å². The first kappa shape index (κ1) is 19.9. The quantitative estimate of drug-likeness (QED) is 0.634. The Morgan fingerprint density at radius 3 is 2.48 bits per heavy atom. The zero-order valence-corrected chi connectivity index (χ0v) is 18.1. The Morgan fingerprint density at radius 2 is 1.87 bits per heavy atom. The standard InChI is InChI=1S/C23H25N5O3/c1-4-16-11-17(13-24)20-18(12-16)14(2)19(22-25-15(3)27-31-22)21(26-20)28-7-5-23(6-8-28)29-9-10-30-23/h11-12H,4-10H2,1-3H3. The first-order valence-corrected chi connectivity index (χ1v) is 10.7. The highest BCUT2D eigenvalue weighted by Gasteiger charge is 2.41. The van der Waals surface area contributed by atoms with E-state index in [0.29, 0.717) is 36.0 Å². The molecular formula is C23H25N5O3. The Labute approximate surface area is 180 Å². The van der Waals surface area contributed by atoms with Crippen molar-refractivity contribution in [2.24, 2.45) is 0 Å². The van der Waals surface area contributed by atoms with Gasteiger partial charge in [0.2, 0.25) is 0 Å². The van der Waals surface area contributed by atoms with E-state index >= 15 is 0 Å². The smallest absolute Gasteiger partial charge is 0.261 e. The normalized spacial score (nSPS) is 18.1. The molecule has 0 amide bonds. The van der Waals surface area contributed by atoms with Crippen molar-refractivity contribution in [3.8, 4) is 17.5 Å². The summed E-state index contributed by atoms with van der Waals surface area (Å²) >= 11 is 0. The molecule has 4 heterocycles. The third-order valence-electron chi connectivity index (χ3n) is 6.30. The molecule has 2 fully saturated rings. The molecule has 0 bridgehead atoms. The fourth-order valence-corrected chi connectivity index (χ4v) is 4.58. The number of aryl methyl sites for hydroxylation is 3. The van der Waals surface area contributed by atoms with Crippen molar-refractivity contribution in [2.75, 3.05) is 31.2 Å². The molecular weight excluding hydrogens is 394 g/mol. The summed E-state index contributed by atoms with van der Waals surface area (Å²) in [5.41, 5.74) is 4.21. The van der Waals surface area contributed by atoms with E-state index in [1.807, 2.05) is 13.0 Å². The fourth-order valence-electron chi connectivity index (χ4n) is 4.58. The molecule has 2 saturated heterocycles. The van der Waals surface area contributed by atoms with Crippen LogP contribution in [0.1, 0.15) is 42.3 Å². The average molecular weight is 419 g/mol. The second-order valence-electron chi connectivity index (χ2n) is 8.18. The Hall–Kier alpha value is -3.02. The first-order valence-electron chi connectivity index (χ1n) is 10.7. The van der Waals surface area contributed by atoms with Gasteiger partial charge >= 0.3 is 0 Å². The van der Waals surface area contributed by atoms with Crippen LogP contribution in [0.2, 0.25) is 0 Å². The Morgan fingerprint density at radius 1 is 1.13 bits per heavy atom. The van der Waals surface area contributed by atoms with Gasteiger partial charge in [0, 0.05) is 31.3 Å². The maximum atomic E-state index is 9.80. The molecule has 1 spiro atoms. The van der Waals surface area contributed by atoms with Crippen molar-refractivity contribution < 1.29 is 14.0 Å². The highest BCUT2D eigenvalue weighted by molar-refractivity contribution is 5.95. The number of benzene rings is 1. The SMILES string of the molecule is CCc1cc(C#N)c2nc(N3CCC4(CC3)OCCO4)c(-c3nc(C)no3)c(C)c2c1. The number of hydrogen-bond acceptors (Lipinski definition) is 8. The summed E-state index contributed by atoms with van der Waals surface area (Å²) in [4.78, 5) is 11.7. The lowest BCUT2D eigenvalue weighted by Crippen LogP contribution is -2.45. The van der Waals surface area contributed by atoms with Crippen molar-refractivity contribution in [3.63, 3.8) is 0 Å². The lowest BCUT2D eigenvalue weighted by atomic mass is 9.96. The molecule has 0 radical (unpaired) electrons. The van der Waals surface area contributed by atoms with E-state index in [-0.39, 0.29) is 0 Å². The number of pyridine rings is 1. The molecule has 2 aliphatic heterocycles. The molecule has 8 heteroatoms. The van der Waals surface area contributed by atoms with Gasteiger partial charge in [-0.3, -0.25) is 0 Å². The summed E-state index contributed by atoms with van der Waals surface area (Å²) in [6, 6.07) is 6.38. The van der Waals surface area contributed by atoms with Gasteiger partial charge in [0.05, 0.1) is 29.9 Å². The molecule has 2 aliphatic rings. The largest absolute Gasteiger partial charge is 0.356 e. The number of ether oxygens (including phenoxy) is 2. The number of rotatable bonds is 3. The third-order valence-corrected chi connectivity index (χ3v) is 6.30. The minimum absolute atomic E-state index is 0.452. The van der Waals surface area contributed by atoms with E-state index in [9.17, 15) is 5.26 Å². The zero-order valence-electron chi connectivity index (χ0n) is 18.1. The average Bonchev–Trinajstić information content (AvgIpc) is 3.42. The number of anilines is 1. The van der Waals surface area contributed by atoms with Crippen LogP contribution in [0.25, 0.3) is 22.4 Å². The highest BCUT2D eigenvalue weighted by atomic mass is 16.7. The van der Waals surface area contributed by atoms with Gasteiger partial charge in [0.1, 0.15) is 11.9 Å². The molecule has 160 valence electrons. The van der Waals surface area contributed by atoms with Crippen LogP contribution >= 0.6 is 0 Å². The van der Waals surface area contributed by atoms with Gasteiger partial charge < -0.3 is 18.9 Å². The van der Waals surface area contributed by atoms with E-state index in [1.54, 1.807) is 6.92 Å². The van der Waals surface area contributed by atoms with Crippen LogP contribution < -0.4 is 4.90 Å². The molecule has 0 N–H and O–H groups in total. The molecule has 31 heavy (non-hydrogen) atoms. The Balaban J connectivity index is 1.68. The first-order chi connectivity index (χ1) is 15.0. The van der Waals surface area contributed by atoms with Gasteiger partial charge in [-0.2, -0.15) is 10.2 Å². The number of hydrogen-bond donors (Lipinski definition) is 0. The summed E-state index contributed by atoms with van der Waals surface area (Å²) in [6.07, 6.45) is 2.36. The van der Waals surface area contributed by atoms with E-state index in [1.165, 1.54) is 0 Å². The summed E-state index contributed by atoms with van der Waals surface area (Å²) in [7, 11) is 0. The van der Waals surface area contributed by atoms with Gasteiger partial charge in [-0.1, -0.05) is 12.1 Å². The lowest BCUT2D eigenvalue weighted by molar-refractivity contribution is -0.169. The topological polar surface area (TPSA) is 97.3 Å². The van der Waals surface area contributed by atoms with Gasteiger partial charge in [-0.25, -0.2) is 4.98 Å². The van der Waals surface area contributed by atoms with Crippen LogP contribution in [0.4, 0.5) is 5.82 Å². The Bertz CT molecular complexity index is 1180. The van der Waals surface area contributed by atoms with E-state index < -0.39 is 5.79 Å². The molecule has 0 aliphatic carbocycles. The maximum absolute atomic E-state index is 9.80. The molecule has 0 saturated carbocycles. The van der Waals surface area contributed by atoms with Crippen molar-refractivity contribution in [1.82, 2.24) is 15.1 Å². The molecule has 5 rings (SSSR count). The second-order valence-corrected chi connectivity index (χ2v) is 8.18. The number of fused-ring (bicyclic) bond motifs is 1. The minimum atomic E-state index is -0.475. The van der Waals surface area contributed by atoms with E-state index in [4.69, 9.17) is 19.0 Å². The Kier molecular flexibility index (Phi) is 4.88. The maximum Gasteiger partial charge on any atom is 0.261 e. The fraction of sp³-hybridized carbons (Fsp3) is 0.478. The van der Waals surface area contributed by atoms with E-state index in [0.717, 1.165) is 60.2 Å². The van der Waals surface area contributed by atoms with Gasteiger partial charge in [-0.05, 0) is 43.5 Å². The van der Waals surface area contributed by atoms with Crippen molar-refractivity contribution >= 4 is 16.7 Å². The molecule has 8 nitrogen and oxygen atoms in total. The number of nitrogens with zero attached hydrogens (tertiary/aromatic N) is 5. The molecule has 0 unspecified atom stereocenters. The molecule has 3 aromatic rings. The lowest BCUT2D eigenvalue weighted by Gasteiger charge is -2.38. The van der Waals surface area contributed by atoms with Crippen LogP contribution in [0.15, 0.2) is 16.7 Å². The van der Waals surface area contributed by atoms with Crippen LogP contribution in [-0.2, 0) is 15.9 Å². The number of nitriles is 1. The summed E-state index contributed by atoms with van der Waals surface area (Å²) in [6.45, 7) is 8.67. The predicted octanol–water partition coefficient (Wildman–Crippen LogP) is 3.68. The summed E-state index contributed by atoms with van der Waals surface area (Å²) in [5, 5.41) is 14.7. The van der Waals surface area contributed by atoms with Crippen molar-refractivity contribution in [1.29, 1.82) is 5.26 Å². The van der Waals surface area contributed by atoms with Crippen LogP contribution in [-0.4, -0.2) is 47.2 Å². The predicted molar refractivity (Wildman–Crippen MR) is 115 cm³/mol. The minimum Gasteiger partial charge on any atom is -0.356 e.